The Hall–Kier alpha value is -2.29. The highest BCUT2D eigenvalue weighted by molar-refractivity contribution is 7.92. The summed E-state index contributed by atoms with van der Waals surface area (Å²) in [6, 6.07) is 6.83. The molecule has 1 saturated heterocycles. The van der Waals surface area contributed by atoms with Crippen molar-refractivity contribution in [3.63, 3.8) is 0 Å². The van der Waals surface area contributed by atoms with Gasteiger partial charge in [0.2, 0.25) is 10.0 Å². The SMILES string of the molecule is CCOC(=O)C1CCN(C(=O)[C@@H]2CCN(S(C)(=O)=O)c3ccccc3O2)CC1. The van der Waals surface area contributed by atoms with E-state index in [4.69, 9.17) is 9.47 Å². The quantitative estimate of drug-likeness (QED) is 0.697. The maximum absolute atomic E-state index is 13.0. The summed E-state index contributed by atoms with van der Waals surface area (Å²) in [5.74, 6) is -0.184. The standard InChI is InChI=1S/C19H26N2O6S/c1-3-26-19(23)14-8-11-20(12-9-14)18(22)17-10-13-21(28(2,24)25)15-6-4-5-7-16(15)27-17/h4-7,14,17H,3,8-13H2,1-2H3/t17-/m0/s1. The van der Waals surface area contributed by atoms with Gasteiger partial charge in [-0.3, -0.25) is 13.9 Å². The molecule has 3 rings (SSSR count). The number of sulfonamides is 1. The highest BCUT2D eigenvalue weighted by Gasteiger charge is 2.35. The minimum atomic E-state index is -3.48. The molecule has 8 nitrogen and oxygen atoms in total. The molecule has 0 spiro atoms. The van der Waals surface area contributed by atoms with Gasteiger partial charge in [-0.15, -0.1) is 0 Å². The molecule has 154 valence electrons. The number of piperidine rings is 1. The van der Waals surface area contributed by atoms with E-state index in [-0.39, 0.29) is 30.8 Å². The number of amides is 1. The lowest BCUT2D eigenvalue weighted by Gasteiger charge is -2.33. The Balaban J connectivity index is 1.70. The van der Waals surface area contributed by atoms with Gasteiger partial charge in [-0.25, -0.2) is 8.42 Å². The lowest BCUT2D eigenvalue weighted by atomic mass is 9.96. The number of likely N-dealkylation sites (tertiary alicyclic amines) is 1. The number of fused-ring (bicyclic) bond motifs is 1. The largest absolute Gasteiger partial charge is 0.478 e. The first-order valence-electron chi connectivity index (χ1n) is 9.50. The molecule has 1 fully saturated rings. The lowest BCUT2D eigenvalue weighted by molar-refractivity contribution is -0.152. The number of ether oxygens (including phenoxy) is 2. The molecular weight excluding hydrogens is 384 g/mol. The third kappa shape index (κ3) is 4.40. The maximum atomic E-state index is 13.0. The summed E-state index contributed by atoms with van der Waals surface area (Å²) in [7, 11) is -3.48. The highest BCUT2D eigenvalue weighted by atomic mass is 32.2. The van der Waals surface area contributed by atoms with Crippen LogP contribution in [0.2, 0.25) is 0 Å². The second-order valence-electron chi connectivity index (χ2n) is 7.05. The summed E-state index contributed by atoms with van der Waals surface area (Å²) in [5.41, 5.74) is 0.446. The van der Waals surface area contributed by atoms with E-state index < -0.39 is 16.1 Å². The third-order valence-electron chi connectivity index (χ3n) is 5.10. The smallest absolute Gasteiger partial charge is 0.309 e. The van der Waals surface area contributed by atoms with Crippen LogP contribution >= 0.6 is 0 Å². The van der Waals surface area contributed by atoms with E-state index >= 15 is 0 Å². The molecule has 0 bridgehead atoms. The molecular formula is C19H26N2O6S. The second-order valence-corrected chi connectivity index (χ2v) is 8.96. The number of hydrogen-bond donors (Lipinski definition) is 0. The van der Waals surface area contributed by atoms with Gasteiger partial charge in [-0.05, 0) is 31.9 Å². The third-order valence-corrected chi connectivity index (χ3v) is 6.28. The van der Waals surface area contributed by atoms with E-state index in [1.807, 2.05) is 0 Å². The maximum Gasteiger partial charge on any atom is 0.309 e. The molecule has 0 aromatic heterocycles. The van der Waals surface area contributed by atoms with E-state index in [1.54, 1.807) is 36.1 Å². The predicted octanol–water partition coefficient (Wildman–Crippen LogP) is 1.41. The van der Waals surface area contributed by atoms with Crippen LogP contribution < -0.4 is 9.04 Å². The molecule has 0 N–H and O–H groups in total. The van der Waals surface area contributed by atoms with Crippen molar-refractivity contribution in [3.05, 3.63) is 24.3 Å². The van der Waals surface area contributed by atoms with Gasteiger partial charge in [0.15, 0.2) is 6.10 Å². The molecule has 0 radical (unpaired) electrons. The number of para-hydroxylation sites is 2. The number of carbonyl (C=O) groups excluding carboxylic acids is 2. The van der Waals surface area contributed by atoms with Crippen LogP contribution in [-0.4, -0.2) is 63.8 Å². The zero-order chi connectivity index (χ0) is 20.3. The summed E-state index contributed by atoms with van der Waals surface area (Å²) >= 11 is 0. The highest BCUT2D eigenvalue weighted by Crippen LogP contribution is 2.34. The fourth-order valence-corrected chi connectivity index (χ4v) is 4.59. The van der Waals surface area contributed by atoms with E-state index in [0.717, 1.165) is 6.26 Å². The Bertz CT molecular complexity index is 833. The van der Waals surface area contributed by atoms with Crippen LogP contribution in [-0.2, 0) is 24.3 Å². The number of anilines is 1. The van der Waals surface area contributed by atoms with Crippen molar-refractivity contribution >= 4 is 27.6 Å². The summed E-state index contributed by atoms with van der Waals surface area (Å²) in [6.07, 6.45) is 1.77. The van der Waals surface area contributed by atoms with Gasteiger partial charge < -0.3 is 14.4 Å². The minimum Gasteiger partial charge on any atom is -0.478 e. The fraction of sp³-hybridized carbons (Fsp3) is 0.579. The molecule has 9 heteroatoms. The molecule has 0 unspecified atom stereocenters. The summed E-state index contributed by atoms with van der Waals surface area (Å²) in [4.78, 5) is 26.6. The van der Waals surface area contributed by atoms with Crippen LogP contribution in [0, 0.1) is 5.92 Å². The number of hydrogen-bond acceptors (Lipinski definition) is 6. The Morgan fingerprint density at radius 3 is 2.46 bits per heavy atom. The van der Waals surface area contributed by atoms with E-state index in [1.165, 1.54) is 4.31 Å². The first kappa shape index (κ1) is 20.4. The lowest BCUT2D eigenvalue weighted by Crippen LogP contribution is -2.47. The molecule has 1 amide bonds. The van der Waals surface area contributed by atoms with Crippen LogP contribution in [0.3, 0.4) is 0 Å². The summed E-state index contributed by atoms with van der Waals surface area (Å²) in [6.45, 7) is 3.21. The Kier molecular flexibility index (Phi) is 6.12. The average molecular weight is 410 g/mol. The number of rotatable bonds is 4. The first-order valence-corrected chi connectivity index (χ1v) is 11.3. The second kappa shape index (κ2) is 8.38. The van der Waals surface area contributed by atoms with Gasteiger partial charge in [0, 0.05) is 26.1 Å². The normalized spacial score (nSPS) is 20.7. The molecule has 28 heavy (non-hydrogen) atoms. The van der Waals surface area contributed by atoms with E-state index in [0.29, 0.717) is 44.0 Å². The number of carbonyl (C=O) groups is 2. The molecule has 1 aromatic rings. The number of benzene rings is 1. The van der Waals surface area contributed by atoms with Gasteiger partial charge in [0.25, 0.3) is 5.91 Å². The van der Waals surface area contributed by atoms with Gasteiger partial charge in [0.05, 0.1) is 24.5 Å². The predicted molar refractivity (Wildman–Crippen MR) is 104 cm³/mol. The first-order chi connectivity index (χ1) is 13.3. The molecule has 2 aliphatic heterocycles. The van der Waals surface area contributed by atoms with E-state index in [9.17, 15) is 18.0 Å². The average Bonchev–Trinajstić information content (AvgIpc) is 2.87. The monoisotopic (exact) mass is 410 g/mol. The van der Waals surface area contributed by atoms with Crippen LogP contribution in [0.1, 0.15) is 26.2 Å². The van der Waals surface area contributed by atoms with Gasteiger partial charge in [-0.1, -0.05) is 12.1 Å². The fourth-order valence-electron chi connectivity index (χ4n) is 3.65. The molecule has 0 aliphatic carbocycles. The Morgan fingerprint density at radius 1 is 1.14 bits per heavy atom. The summed E-state index contributed by atoms with van der Waals surface area (Å²) in [5, 5.41) is 0. The molecule has 2 heterocycles. The minimum absolute atomic E-state index is 0.172. The van der Waals surface area contributed by atoms with Crippen LogP contribution in [0.4, 0.5) is 5.69 Å². The summed E-state index contributed by atoms with van der Waals surface area (Å²) < 4.78 is 36.6. The van der Waals surface area contributed by atoms with Crippen molar-refractivity contribution < 1.29 is 27.5 Å². The molecule has 1 aromatic carbocycles. The van der Waals surface area contributed by atoms with Crippen molar-refractivity contribution in [1.82, 2.24) is 4.90 Å². The van der Waals surface area contributed by atoms with Crippen molar-refractivity contribution in [2.45, 2.75) is 32.3 Å². The van der Waals surface area contributed by atoms with Gasteiger partial charge >= 0.3 is 5.97 Å². The van der Waals surface area contributed by atoms with Crippen molar-refractivity contribution in [1.29, 1.82) is 0 Å². The van der Waals surface area contributed by atoms with Gasteiger partial charge in [0.1, 0.15) is 5.75 Å². The Labute approximate surface area is 165 Å². The van der Waals surface area contributed by atoms with Crippen molar-refractivity contribution in [2.24, 2.45) is 5.92 Å². The Morgan fingerprint density at radius 2 is 1.82 bits per heavy atom. The van der Waals surface area contributed by atoms with Gasteiger partial charge in [-0.2, -0.15) is 0 Å². The number of esters is 1. The number of nitrogens with zero attached hydrogens (tertiary/aromatic N) is 2. The van der Waals surface area contributed by atoms with Crippen LogP contribution in [0.15, 0.2) is 24.3 Å². The molecule has 2 aliphatic rings. The van der Waals surface area contributed by atoms with Crippen LogP contribution in [0.5, 0.6) is 5.75 Å². The van der Waals surface area contributed by atoms with E-state index in [2.05, 4.69) is 0 Å². The van der Waals surface area contributed by atoms with Crippen molar-refractivity contribution in [2.75, 3.05) is 36.8 Å². The topological polar surface area (TPSA) is 93.2 Å². The van der Waals surface area contributed by atoms with Crippen molar-refractivity contribution in [3.8, 4) is 5.75 Å². The zero-order valence-corrected chi connectivity index (χ0v) is 17.0. The molecule has 0 saturated carbocycles. The molecule has 1 atom stereocenters. The zero-order valence-electron chi connectivity index (χ0n) is 16.2. The van der Waals surface area contributed by atoms with Crippen LogP contribution in [0.25, 0.3) is 0 Å².